The third-order valence-corrected chi connectivity index (χ3v) is 3.05. The second kappa shape index (κ2) is 5.96. The number of nitrogens with one attached hydrogen (secondary N) is 1. The maximum atomic E-state index is 13.5. The van der Waals surface area contributed by atoms with Crippen molar-refractivity contribution in [3.63, 3.8) is 0 Å². The van der Waals surface area contributed by atoms with E-state index in [4.69, 9.17) is 4.52 Å². The lowest BCUT2D eigenvalue weighted by Gasteiger charge is -2.03. The molecule has 0 unspecified atom stereocenters. The fourth-order valence-corrected chi connectivity index (χ4v) is 1.91. The Morgan fingerprint density at radius 3 is 2.35 bits per heavy atom. The molecule has 1 amide bonds. The lowest BCUT2D eigenvalue weighted by Crippen LogP contribution is -2.13. The van der Waals surface area contributed by atoms with E-state index in [-0.39, 0.29) is 17.1 Å². The minimum absolute atomic E-state index is 0.0898. The summed E-state index contributed by atoms with van der Waals surface area (Å²) in [4.78, 5) is 12.0. The third kappa shape index (κ3) is 3.23. The number of anilines is 1. The van der Waals surface area contributed by atoms with Crippen LogP contribution >= 0.6 is 0 Å². The van der Waals surface area contributed by atoms with Crippen LogP contribution in [0.3, 0.4) is 0 Å². The lowest BCUT2D eigenvalue weighted by molar-refractivity contribution is 0.101. The molecule has 23 heavy (non-hydrogen) atoms. The Morgan fingerprint density at radius 1 is 0.957 bits per heavy atom. The second-order valence-corrected chi connectivity index (χ2v) is 4.66. The summed E-state index contributed by atoms with van der Waals surface area (Å²) in [5, 5.41) is 5.85. The van der Waals surface area contributed by atoms with Crippen LogP contribution in [0.2, 0.25) is 0 Å². The fourth-order valence-electron chi connectivity index (χ4n) is 1.91. The smallest absolute Gasteiger partial charge is 0.277 e. The highest BCUT2D eigenvalue weighted by atomic mass is 19.1. The molecule has 0 spiro atoms. The average Bonchev–Trinajstić information content (AvgIpc) is 3.01. The molecule has 0 aliphatic heterocycles. The monoisotopic (exact) mass is 318 g/mol. The van der Waals surface area contributed by atoms with Crippen LogP contribution in [0, 0.1) is 17.5 Å². The number of hydrogen-bond acceptors (Lipinski definition) is 3. The summed E-state index contributed by atoms with van der Waals surface area (Å²) in [6.07, 6.45) is 0. The van der Waals surface area contributed by atoms with E-state index in [0.717, 1.165) is 12.1 Å². The zero-order valence-corrected chi connectivity index (χ0v) is 11.5. The van der Waals surface area contributed by atoms with Crippen molar-refractivity contribution in [3.05, 3.63) is 71.7 Å². The normalized spacial score (nSPS) is 10.6. The summed E-state index contributed by atoms with van der Waals surface area (Å²) in [6, 6.07) is 9.53. The van der Waals surface area contributed by atoms with Crippen molar-refractivity contribution in [3.8, 4) is 11.3 Å². The van der Waals surface area contributed by atoms with E-state index >= 15 is 0 Å². The van der Waals surface area contributed by atoms with Crippen molar-refractivity contribution >= 4 is 11.6 Å². The number of amides is 1. The van der Waals surface area contributed by atoms with E-state index < -0.39 is 23.4 Å². The molecule has 0 radical (unpaired) electrons. The van der Waals surface area contributed by atoms with Gasteiger partial charge in [0.25, 0.3) is 5.91 Å². The van der Waals surface area contributed by atoms with E-state index in [1.54, 1.807) is 0 Å². The number of hydrogen-bond donors (Lipinski definition) is 1. The molecule has 0 aliphatic carbocycles. The highest BCUT2D eigenvalue weighted by Crippen LogP contribution is 2.22. The van der Waals surface area contributed by atoms with Crippen LogP contribution in [-0.4, -0.2) is 11.1 Å². The second-order valence-electron chi connectivity index (χ2n) is 4.66. The van der Waals surface area contributed by atoms with Gasteiger partial charge in [-0.3, -0.25) is 4.79 Å². The summed E-state index contributed by atoms with van der Waals surface area (Å²) < 4.78 is 44.2. The molecule has 1 aromatic heterocycles. The molecule has 4 nitrogen and oxygen atoms in total. The predicted molar refractivity (Wildman–Crippen MR) is 76.2 cm³/mol. The summed E-state index contributed by atoms with van der Waals surface area (Å²) in [7, 11) is 0. The van der Waals surface area contributed by atoms with Gasteiger partial charge in [-0.05, 0) is 36.4 Å². The summed E-state index contributed by atoms with van der Waals surface area (Å²) in [5.74, 6) is -2.51. The lowest BCUT2D eigenvalue weighted by atomic mass is 10.1. The number of aromatic nitrogens is 1. The molecular formula is C16H9F3N2O2. The molecule has 0 fully saturated rings. The predicted octanol–water partition coefficient (Wildman–Crippen LogP) is 4.01. The van der Waals surface area contributed by atoms with Crippen LogP contribution < -0.4 is 5.32 Å². The zero-order valence-electron chi connectivity index (χ0n) is 11.5. The van der Waals surface area contributed by atoms with Gasteiger partial charge in [-0.1, -0.05) is 5.16 Å². The largest absolute Gasteiger partial charge is 0.355 e. The average molecular weight is 318 g/mol. The van der Waals surface area contributed by atoms with Gasteiger partial charge in [0, 0.05) is 17.7 Å². The SMILES string of the molecule is O=C(Nc1ccc(F)cc1F)c1cc(-c2ccc(F)cc2)on1. The van der Waals surface area contributed by atoms with E-state index in [1.165, 1.54) is 30.3 Å². The van der Waals surface area contributed by atoms with E-state index in [0.29, 0.717) is 11.6 Å². The van der Waals surface area contributed by atoms with Gasteiger partial charge in [-0.15, -0.1) is 0 Å². The van der Waals surface area contributed by atoms with Gasteiger partial charge in [0.1, 0.15) is 17.5 Å². The number of benzene rings is 2. The van der Waals surface area contributed by atoms with Crippen molar-refractivity contribution in [2.45, 2.75) is 0 Å². The number of carbonyl (C=O) groups excluding carboxylic acids is 1. The Hall–Kier alpha value is -3.09. The Balaban J connectivity index is 1.79. The first-order chi connectivity index (χ1) is 11.0. The van der Waals surface area contributed by atoms with Crippen LogP contribution in [0.4, 0.5) is 18.9 Å². The maximum absolute atomic E-state index is 13.5. The number of halogens is 3. The van der Waals surface area contributed by atoms with Crippen molar-refractivity contribution in [1.82, 2.24) is 5.16 Å². The molecule has 0 bridgehead atoms. The number of nitrogens with zero attached hydrogens (tertiary/aromatic N) is 1. The first-order valence-electron chi connectivity index (χ1n) is 6.52. The minimum atomic E-state index is -0.902. The van der Waals surface area contributed by atoms with Gasteiger partial charge in [-0.25, -0.2) is 13.2 Å². The van der Waals surface area contributed by atoms with Crippen LogP contribution in [0.25, 0.3) is 11.3 Å². The fraction of sp³-hybridized carbons (Fsp3) is 0. The van der Waals surface area contributed by atoms with E-state index in [1.807, 2.05) is 0 Å². The molecule has 0 saturated carbocycles. The maximum Gasteiger partial charge on any atom is 0.277 e. The molecule has 1 N–H and O–H groups in total. The van der Waals surface area contributed by atoms with Crippen LogP contribution in [0.1, 0.15) is 10.5 Å². The standard InChI is InChI=1S/C16H9F3N2O2/c17-10-3-1-9(2-4-10)15-8-14(21-23-15)16(22)20-13-6-5-11(18)7-12(13)19/h1-8H,(H,20,22). The third-order valence-electron chi connectivity index (χ3n) is 3.05. The Morgan fingerprint density at radius 2 is 1.65 bits per heavy atom. The van der Waals surface area contributed by atoms with Gasteiger partial charge in [0.05, 0.1) is 5.69 Å². The first-order valence-corrected chi connectivity index (χ1v) is 6.52. The molecule has 3 aromatic rings. The van der Waals surface area contributed by atoms with Crippen LogP contribution in [0.15, 0.2) is 53.1 Å². The molecule has 0 saturated heterocycles. The molecule has 0 atom stereocenters. The molecule has 1 heterocycles. The highest BCUT2D eigenvalue weighted by Gasteiger charge is 2.15. The van der Waals surface area contributed by atoms with Gasteiger partial charge in [0.2, 0.25) is 0 Å². The molecule has 0 aliphatic rings. The Labute approximate surface area is 128 Å². The van der Waals surface area contributed by atoms with Crippen molar-refractivity contribution < 1.29 is 22.5 Å². The minimum Gasteiger partial charge on any atom is -0.355 e. The summed E-state index contributed by atoms with van der Waals surface area (Å²) in [6.45, 7) is 0. The van der Waals surface area contributed by atoms with Crippen molar-refractivity contribution in [2.75, 3.05) is 5.32 Å². The summed E-state index contributed by atoms with van der Waals surface area (Å²) >= 11 is 0. The van der Waals surface area contributed by atoms with E-state index in [2.05, 4.69) is 10.5 Å². The Kier molecular flexibility index (Phi) is 3.84. The molecular weight excluding hydrogens is 309 g/mol. The Bertz CT molecular complexity index is 860. The number of carbonyl (C=O) groups is 1. The first kappa shape index (κ1) is 14.8. The molecule has 3 rings (SSSR count). The molecule has 7 heteroatoms. The van der Waals surface area contributed by atoms with Gasteiger partial charge in [-0.2, -0.15) is 0 Å². The quantitative estimate of drug-likeness (QED) is 0.794. The van der Waals surface area contributed by atoms with Crippen molar-refractivity contribution in [1.29, 1.82) is 0 Å². The van der Waals surface area contributed by atoms with Crippen molar-refractivity contribution in [2.24, 2.45) is 0 Å². The van der Waals surface area contributed by atoms with Crippen LogP contribution in [0.5, 0.6) is 0 Å². The number of rotatable bonds is 3. The highest BCUT2D eigenvalue weighted by molar-refractivity contribution is 6.03. The van der Waals surface area contributed by atoms with Gasteiger partial charge < -0.3 is 9.84 Å². The molecule has 116 valence electrons. The van der Waals surface area contributed by atoms with Crippen LogP contribution in [-0.2, 0) is 0 Å². The van der Waals surface area contributed by atoms with Gasteiger partial charge >= 0.3 is 0 Å². The zero-order chi connectivity index (χ0) is 16.4. The van der Waals surface area contributed by atoms with Gasteiger partial charge in [0.15, 0.2) is 11.5 Å². The summed E-state index contributed by atoms with van der Waals surface area (Å²) in [5.41, 5.74) is 0.265. The molecule has 2 aromatic carbocycles. The topological polar surface area (TPSA) is 55.1 Å². The van der Waals surface area contributed by atoms with E-state index in [9.17, 15) is 18.0 Å².